The monoisotopic (exact) mass is 348 g/mol. The van der Waals surface area contributed by atoms with Crippen LogP contribution in [0.5, 0.6) is 0 Å². The molecule has 1 amide bonds. The first-order valence-corrected chi connectivity index (χ1v) is 9.61. The van der Waals surface area contributed by atoms with E-state index >= 15 is 0 Å². The summed E-state index contributed by atoms with van der Waals surface area (Å²) in [6.45, 7) is 6.86. The minimum absolute atomic E-state index is 0.393. The Morgan fingerprint density at radius 1 is 1.12 bits per heavy atom. The van der Waals surface area contributed by atoms with Crippen molar-refractivity contribution in [1.29, 1.82) is 0 Å². The Hall–Kier alpha value is -1.59. The van der Waals surface area contributed by atoms with E-state index in [0.29, 0.717) is 13.2 Å². The molecule has 0 unspecified atom stereocenters. The predicted molar refractivity (Wildman–Crippen MR) is 101 cm³/mol. The highest BCUT2D eigenvalue weighted by atomic mass is 16.5. The van der Waals surface area contributed by atoms with Crippen molar-refractivity contribution in [1.82, 2.24) is 4.90 Å². The molecule has 0 bridgehead atoms. The maximum Gasteiger partial charge on any atom is 0.411 e. The van der Waals surface area contributed by atoms with E-state index in [0.717, 1.165) is 50.3 Å². The zero-order chi connectivity index (χ0) is 17.7. The molecule has 5 nitrogen and oxygen atoms in total. The van der Waals surface area contributed by atoms with Crippen LogP contribution in [0.25, 0.3) is 0 Å². The number of nitrogens with one attached hydrogen (secondary N) is 1. The Morgan fingerprint density at radius 3 is 2.64 bits per heavy atom. The van der Waals surface area contributed by atoms with Gasteiger partial charge in [0.15, 0.2) is 0 Å². The number of carbonyl (C=O) groups excluding carboxylic acids is 1. The van der Waals surface area contributed by atoms with Crippen molar-refractivity contribution >= 4 is 11.8 Å². The summed E-state index contributed by atoms with van der Waals surface area (Å²) in [6.07, 6.45) is 6.90. The molecule has 0 aliphatic carbocycles. The molecule has 1 N–H and O–H groups in total. The zero-order valence-electron chi connectivity index (χ0n) is 15.5. The number of carbonyl (C=O) groups is 1. The summed E-state index contributed by atoms with van der Waals surface area (Å²) in [6, 6.07) is 7.71. The lowest BCUT2D eigenvalue weighted by molar-refractivity contribution is 0.118. The van der Waals surface area contributed by atoms with Crippen LogP contribution in [0.2, 0.25) is 0 Å². The number of nitrogens with zero attached hydrogens (tertiary/aromatic N) is 1. The van der Waals surface area contributed by atoms with E-state index in [9.17, 15) is 4.79 Å². The van der Waals surface area contributed by atoms with E-state index in [-0.39, 0.29) is 0 Å². The molecular formula is C20H32N2O3. The molecule has 1 aliphatic rings. The first kappa shape index (κ1) is 19.7. The Morgan fingerprint density at radius 2 is 1.88 bits per heavy atom. The fourth-order valence-corrected chi connectivity index (χ4v) is 2.97. The van der Waals surface area contributed by atoms with Crippen molar-refractivity contribution in [2.24, 2.45) is 0 Å². The normalized spacial score (nSPS) is 15.6. The number of anilines is 1. The average molecular weight is 348 g/mol. The highest BCUT2D eigenvalue weighted by molar-refractivity contribution is 5.85. The van der Waals surface area contributed by atoms with Gasteiger partial charge >= 0.3 is 6.09 Å². The van der Waals surface area contributed by atoms with Gasteiger partial charge in [-0.3, -0.25) is 10.2 Å². The number of para-hydroxylation sites is 1. The van der Waals surface area contributed by atoms with Gasteiger partial charge in [-0.15, -0.1) is 0 Å². The maximum atomic E-state index is 12.1. The van der Waals surface area contributed by atoms with Gasteiger partial charge in [0.1, 0.15) is 6.61 Å². The van der Waals surface area contributed by atoms with Crippen LogP contribution in [0.15, 0.2) is 24.3 Å². The number of likely N-dealkylation sites (tertiary alicyclic amines) is 1. The zero-order valence-corrected chi connectivity index (χ0v) is 15.5. The molecule has 1 aromatic rings. The first-order chi connectivity index (χ1) is 12.3. The highest BCUT2D eigenvalue weighted by Crippen LogP contribution is 2.16. The van der Waals surface area contributed by atoms with Gasteiger partial charge < -0.3 is 9.47 Å². The molecule has 1 aromatic carbocycles. The first-order valence-electron chi connectivity index (χ1n) is 9.61. The van der Waals surface area contributed by atoms with Gasteiger partial charge in [-0.1, -0.05) is 44.4 Å². The molecule has 0 atom stereocenters. The van der Waals surface area contributed by atoms with Crippen LogP contribution in [-0.4, -0.2) is 43.8 Å². The summed E-state index contributed by atoms with van der Waals surface area (Å²) in [4.78, 5) is 14.4. The van der Waals surface area contributed by atoms with Crippen LogP contribution >= 0.6 is 0 Å². The predicted octanol–water partition coefficient (Wildman–Crippen LogP) is 4.43. The molecule has 0 saturated carbocycles. The number of amides is 1. The summed E-state index contributed by atoms with van der Waals surface area (Å²) in [7, 11) is 0. The quantitative estimate of drug-likeness (QED) is 0.671. The van der Waals surface area contributed by atoms with Gasteiger partial charge in [0, 0.05) is 24.4 Å². The standard InChI is InChI=1S/C20H32N2O3/c1-2-3-15-24-17-18-10-6-7-11-19(18)21-20(23)25-16-14-22-12-8-4-5-9-13-22/h6-7,10-11H,2-5,8-9,12-17H2,1H3,(H,21,23). The van der Waals surface area contributed by atoms with E-state index in [2.05, 4.69) is 17.1 Å². The largest absolute Gasteiger partial charge is 0.448 e. The van der Waals surface area contributed by atoms with Crippen LogP contribution in [0.1, 0.15) is 51.0 Å². The number of benzene rings is 1. The third-order valence-corrected chi connectivity index (χ3v) is 4.49. The van der Waals surface area contributed by atoms with Crippen molar-refractivity contribution in [3.63, 3.8) is 0 Å². The van der Waals surface area contributed by atoms with E-state index in [1.807, 2.05) is 24.3 Å². The third kappa shape index (κ3) is 7.88. The number of rotatable bonds is 9. The van der Waals surface area contributed by atoms with E-state index < -0.39 is 6.09 Å². The molecule has 2 rings (SSSR count). The van der Waals surface area contributed by atoms with Crippen LogP contribution < -0.4 is 5.32 Å². The molecule has 0 radical (unpaired) electrons. The van der Waals surface area contributed by atoms with Crippen LogP contribution in [0.3, 0.4) is 0 Å². The van der Waals surface area contributed by atoms with Crippen molar-refractivity contribution in [3.8, 4) is 0 Å². The van der Waals surface area contributed by atoms with Gasteiger partial charge in [0.25, 0.3) is 0 Å². The average Bonchev–Trinajstić information content (AvgIpc) is 2.89. The van der Waals surface area contributed by atoms with Crippen molar-refractivity contribution in [2.45, 2.75) is 52.1 Å². The summed E-state index contributed by atoms with van der Waals surface area (Å²) in [5.41, 5.74) is 1.74. The minimum Gasteiger partial charge on any atom is -0.448 e. The second kappa shape index (κ2) is 11.9. The fraction of sp³-hybridized carbons (Fsp3) is 0.650. The SMILES string of the molecule is CCCCOCc1ccccc1NC(=O)OCCN1CCCCCC1. The smallest absolute Gasteiger partial charge is 0.411 e. The van der Waals surface area contributed by atoms with Gasteiger partial charge in [0.05, 0.1) is 6.61 Å². The Kier molecular flexibility index (Phi) is 9.37. The number of ether oxygens (including phenoxy) is 2. The van der Waals surface area contributed by atoms with Gasteiger partial charge in [-0.2, -0.15) is 0 Å². The van der Waals surface area contributed by atoms with Crippen LogP contribution in [0.4, 0.5) is 10.5 Å². The summed E-state index contributed by atoms with van der Waals surface area (Å²) in [5.74, 6) is 0. The number of hydrogen-bond acceptors (Lipinski definition) is 4. The van der Waals surface area contributed by atoms with Gasteiger partial charge in [-0.05, 0) is 38.4 Å². The third-order valence-electron chi connectivity index (χ3n) is 4.49. The number of hydrogen-bond donors (Lipinski definition) is 1. The molecule has 5 heteroatoms. The van der Waals surface area contributed by atoms with Gasteiger partial charge in [-0.25, -0.2) is 4.79 Å². The van der Waals surface area contributed by atoms with Crippen molar-refractivity contribution < 1.29 is 14.3 Å². The second-order valence-corrected chi connectivity index (χ2v) is 6.58. The maximum absolute atomic E-state index is 12.1. The molecule has 0 aromatic heterocycles. The molecule has 0 spiro atoms. The Labute approximate surface area is 151 Å². The Balaban J connectivity index is 1.72. The minimum atomic E-state index is -0.393. The molecule has 1 aliphatic heterocycles. The molecule has 1 saturated heterocycles. The topological polar surface area (TPSA) is 50.8 Å². The summed E-state index contributed by atoms with van der Waals surface area (Å²) < 4.78 is 11.0. The van der Waals surface area contributed by atoms with Crippen LogP contribution in [-0.2, 0) is 16.1 Å². The summed E-state index contributed by atoms with van der Waals surface area (Å²) in [5, 5.41) is 2.84. The van der Waals surface area contributed by atoms with E-state index in [1.54, 1.807) is 0 Å². The van der Waals surface area contributed by atoms with E-state index in [4.69, 9.17) is 9.47 Å². The molecular weight excluding hydrogens is 316 g/mol. The second-order valence-electron chi connectivity index (χ2n) is 6.58. The molecule has 1 fully saturated rings. The lowest BCUT2D eigenvalue weighted by atomic mass is 10.2. The highest BCUT2D eigenvalue weighted by Gasteiger charge is 2.11. The van der Waals surface area contributed by atoms with Crippen LogP contribution in [0, 0.1) is 0 Å². The van der Waals surface area contributed by atoms with Crippen molar-refractivity contribution in [3.05, 3.63) is 29.8 Å². The van der Waals surface area contributed by atoms with Gasteiger partial charge in [0.2, 0.25) is 0 Å². The van der Waals surface area contributed by atoms with Crippen molar-refractivity contribution in [2.75, 3.05) is 38.2 Å². The summed E-state index contributed by atoms with van der Waals surface area (Å²) >= 11 is 0. The number of unbranched alkanes of at least 4 members (excludes halogenated alkanes) is 1. The lowest BCUT2D eigenvalue weighted by Crippen LogP contribution is -2.30. The molecule has 140 valence electrons. The van der Waals surface area contributed by atoms with E-state index in [1.165, 1.54) is 25.7 Å². The Bertz CT molecular complexity index is 499. The molecule has 25 heavy (non-hydrogen) atoms. The molecule has 1 heterocycles. The fourth-order valence-electron chi connectivity index (χ4n) is 2.97. The lowest BCUT2D eigenvalue weighted by Gasteiger charge is -2.19.